The van der Waals surface area contributed by atoms with Crippen LogP contribution in [0.1, 0.15) is 39.0 Å². The highest BCUT2D eigenvalue weighted by molar-refractivity contribution is 7.89. The maximum atomic E-state index is 12.1. The zero-order valence-electron chi connectivity index (χ0n) is 11.1. The number of aromatic amines is 1. The molecular weight excluding hydrogens is 264 g/mol. The van der Waals surface area contributed by atoms with E-state index in [9.17, 15) is 13.2 Å². The van der Waals surface area contributed by atoms with Crippen molar-refractivity contribution in [1.82, 2.24) is 9.71 Å². The maximum absolute atomic E-state index is 12.1. The second-order valence-electron chi connectivity index (χ2n) is 5.57. The van der Waals surface area contributed by atoms with Crippen LogP contribution < -0.4 is 10.2 Å². The smallest absolute Gasteiger partial charge is 0.245 e. The summed E-state index contributed by atoms with van der Waals surface area (Å²) in [5, 5.41) is 0. The standard InChI is InChI=1S/C13H20N2O3S/c1-13(6-3-2-4-7-13)10-15-19(17,18)12-9-14-8-5-11(12)16/h5,8-9,15H,2-4,6-7,10H2,1H3,(H,14,16). The lowest BCUT2D eigenvalue weighted by molar-refractivity contribution is 0.219. The van der Waals surface area contributed by atoms with Crippen molar-refractivity contribution < 1.29 is 8.42 Å². The van der Waals surface area contributed by atoms with Crippen LogP contribution in [0.15, 0.2) is 28.2 Å². The third kappa shape index (κ3) is 3.45. The lowest BCUT2D eigenvalue weighted by Gasteiger charge is -2.33. The van der Waals surface area contributed by atoms with Crippen molar-refractivity contribution in [3.8, 4) is 0 Å². The second-order valence-corrected chi connectivity index (χ2v) is 7.30. The van der Waals surface area contributed by atoms with Crippen molar-refractivity contribution in [3.63, 3.8) is 0 Å². The van der Waals surface area contributed by atoms with Crippen molar-refractivity contribution in [2.45, 2.75) is 43.9 Å². The van der Waals surface area contributed by atoms with E-state index in [1.54, 1.807) is 0 Å². The van der Waals surface area contributed by atoms with E-state index in [0.29, 0.717) is 6.54 Å². The number of sulfonamides is 1. The number of aromatic nitrogens is 1. The van der Waals surface area contributed by atoms with Gasteiger partial charge in [-0.3, -0.25) is 4.79 Å². The van der Waals surface area contributed by atoms with Crippen LogP contribution >= 0.6 is 0 Å². The van der Waals surface area contributed by atoms with Crippen LogP contribution in [-0.2, 0) is 10.0 Å². The molecule has 1 fully saturated rings. The molecule has 0 aromatic carbocycles. The van der Waals surface area contributed by atoms with E-state index in [0.717, 1.165) is 25.7 Å². The molecule has 0 amide bonds. The van der Waals surface area contributed by atoms with Gasteiger partial charge in [0.15, 0.2) is 0 Å². The van der Waals surface area contributed by atoms with Gasteiger partial charge in [0.2, 0.25) is 15.5 Å². The fourth-order valence-corrected chi connectivity index (χ4v) is 3.79. The third-order valence-electron chi connectivity index (χ3n) is 3.83. The molecule has 1 aromatic heterocycles. The van der Waals surface area contributed by atoms with Crippen LogP contribution in [0.2, 0.25) is 0 Å². The van der Waals surface area contributed by atoms with Crippen molar-refractivity contribution in [2.75, 3.05) is 6.54 Å². The lowest BCUT2D eigenvalue weighted by atomic mass is 9.76. The number of rotatable bonds is 4. The fraction of sp³-hybridized carbons (Fsp3) is 0.615. The molecule has 0 bridgehead atoms. The molecular formula is C13H20N2O3S. The first-order chi connectivity index (χ1) is 8.93. The van der Waals surface area contributed by atoms with Crippen LogP contribution in [0.25, 0.3) is 0 Å². The second kappa shape index (κ2) is 5.46. The van der Waals surface area contributed by atoms with E-state index in [4.69, 9.17) is 0 Å². The molecule has 0 aliphatic heterocycles. The summed E-state index contributed by atoms with van der Waals surface area (Å²) in [7, 11) is -3.72. The number of H-pyrrole nitrogens is 1. The minimum Gasteiger partial charge on any atom is -0.366 e. The number of hydrogen-bond donors (Lipinski definition) is 2. The summed E-state index contributed by atoms with van der Waals surface area (Å²) < 4.78 is 26.8. The van der Waals surface area contributed by atoms with Gasteiger partial charge in [0.1, 0.15) is 4.90 Å². The molecule has 0 spiro atoms. The number of nitrogens with one attached hydrogen (secondary N) is 2. The van der Waals surface area contributed by atoms with E-state index < -0.39 is 15.5 Å². The highest BCUT2D eigenvalue weighted by Crippen LogP contribution is 2.35. The summed E-state index contributed by atoms with van der Waals surface area (Å²) in [4.78, 5) is 14.0. The van der Waals surface area contributed by atoms with E-state index in [-0.39, 0.29) is 10.3 Å². The first-order valence-electron chi connectivity index (χ1n) is 6.60. The molecule has 1 aromatic rings. The summed E-state index contributed by atoms with van der Waals surface area (Å²) in [5.41, 5.74) is -0.479. The molecule has 0 radical (unpaired) electrons. The molecule has 2 rings (SSSR count). The summed E-state index contributed by atoms with van der Waals surface area (Å²) in [6.45, 7) is 2.49. The zero-order chi connectivity index (χ0) is 13.9. The first kappa shape index (κ1) is 14.3. The van der Waals surface area contributed by atoms with Crippen LogP contribution in [0.5, 0.6) is 0 Å². The molecule has 0 unspecified atom stereocenters. The summed E-state index contributed by atoms with van der Waals surface area (Å²) in [5.74, 6) is 0. The SMILES string of the molecule is CC1(CNS(=O)(=O)c2c[nH]ccc2=O)CCCCC1. The Morgan fingerprint density at radius 1 is 1.32 bits per heavy atom. The topological polar surface area (TPSA) is 79.0 Å². The summed E-state index contributed by atoms with van der Waals surface area (Å²) in [6.07, 6.45) is 8.22. The molecule has 1 aliphatic carbocycles. The van der Waals surface area contributed by atoms with Gasteiger partial charge in [0, 0.05) is 25.0 Å². The van der Waals surface area contributed by atoms with Gasteiger partial charge in [-0.05, 0) is 18.3 Å². The Balaban J connectivity index is 2.10. The van der Waals surface area contributed by atoms with E-state index in [1.165, 1.54) is 24.9 Å². The molecule has 106 valence electrons. The normalized spacial score (nSPS) is 19.2. The quantitative estimate of drug-likeness (QED) is 0.882. The van der Waals surface area contributed by atoms with Crippen molar-refractivity contribution in [2.24, 2.45) is 5.41 Å². The maximum Gasteiger partial charge on any atom is 0.245 e. The van der Waals surface area contributed by atoms with E-state index in [2.05, 4.69) is 16.6 Å². The molecule has 1 saturated carbocycles. The Labute approximate surface area is 113 Å². The van der Waals surface area contributed by atoms with Crippen LogP contribution in [0.4, 0.5) is 0 Å². The van der Waals surface area contributed by atoms with Gasteiger partial charge in [0.25, 0.3) is 0 Å². The van der Waals surface area contributed by atoms with Gasteiger partial charge in [0.05, 0.1) is 0 Å². The van der Waals surface area contributed by atoms with Crippen molar-refractivity contribution in [3.05, 3.63) is 28.7 Å². The monoisotopic (exact) mass is 284 g/mol. The highest BCUT2D eigenvalue weighted by Gasteiger charge is 2.29. The minimum absolute atomic E-state index is 0.00681. The Kier molecular flexibility index (Phi) is 4.10. The van der Waals surface area contributed by atoms with Gasteiger partial charge in [-0.1, -0.05) is 26.2 Å². The van der Waals surface area contributed by atoms with Crippen LogP contribution in [0, 0.1) is 5.41 Å². The Hall–Kier alpha value is -1.14. The fourth-order valence-electron chi connectivity index (χ4n) is 2.54. The predicted octanol–water partition coefficient (Wildman–Crippen LogP) is 1.62. The largest absolute Gasteiger partial charge is 0.366 e. The Morgan fingerprint density at radius 3 is 2.63 bits per heavy atom. The van der Waals surface area contributed by atoms with Crippen molar-refractivity contribution in [1.29, 1.82) is 0 Å². The van der Waals surface area contributed by atoms with Crippen molar-refractivity contribution >= 4 is 10.0 Å². The average molecular weight is 284 g/mol. The van der Waals surface area contributed by atoms with Crippen LogP contribution in [0.3, 0.4) is 0 Å². The number of pyridine rings is 1. The van der Waals surface area contributed by atoms with Gasteiger partial charge in [-0.15, -0.1) is 0 Å². The van der Waals surface area contributed by atoms with Gasteiger partial charge in [-0.25, -0.2) is 13.1 Å². The molecule has 0 saturated heterocycles. The molecule has 19 heavy (non-hydrogen) atoms. The predicted molar refractivity (Wildman–Crippen MR) is 73.4 cm³/mol. The average Bonchev–Trinajstić information content (AvgIpc) is 2.38. The minimum atomic E-state index is -3.72. The third-order valence-corrected chi connectivity index (χ3v) is 5.25. The van der Waals surface area contributed by atoms with Crippen LogP contribution in [-0.4, -0.2) is 19.9 Å². The molecule has 1 aliphatic rings. The number of hydrogen-bond acceptors (Lipinski definition) is 3. The Bertz CT molecular complexity index is 586. The molecule has 1 heterocycles. The molecule has 6 heteroatoms. The molecule has 0 atom stereocenters. The molecule has 5 nitrogen and oxygen atoms in total. The summed E-state index contributed by atoms with van der Waals surface area (Å²) >= 11 is 0. The zero-order valence-corrected chi connectivity index (χ0v) is 11.9. The van der Waals surface area contributed by atoms with E-state index in [1.807, 2.05) is 0 Å². The van der Waals surface area contributed by atoms with Gasteiger partial charge < -0.3 is 4.98 Å². The lowest BCUT2D eigenvalue weighted by Crippen LogP contribution is -2.38. The van der Waals surface area contributed by atoms with E-state index >= 15 is 0 Å². The van der Waals surface area contributed by atoms with Gasteiger partial charge in [-0.2, -0.15) is 0 Å². The molecule has 2 N–H and O–H groups in total. The first-order valence-corrected chi connectivity index (χ1v) is 8.08. The Morgan fingerprint density at radius 2 is 2.00 bits per heavy atom. The summed E-state index contributed by atoms with van der Waals surface area (Å²) in [6, 6.07) is 1.22. The highest BCUT2D eigenvalue weighted by atomic mass is 32.2. The van der Waals surface area contributed by atoms with Gasteiger partial charge >= 0.3 is 0 Å².